The summed E-state index contributed by atoms with van der Waals surface area (Å²) in [4.78, 5) is 16.3. The number of carbonyl (C=O) groups is 1. The summed E-state index contributed by atoms with van der Waals surface area (Å²) in [6.45, 7) is 5.23. The van der Waals surface area contributed by atoms with Crippen molar-refractivity contribution in [3.8, 4) is 0 Å². The van der Waals surface area contributed by atoms with Crippen LogP contribution in [0.2, 0.25) is 0 Å². The maximum atomic E-state index is 12.3. The normalized spacial score (nSPS) is 24.6. The van der Waals surface area contributed by atoms with Crippen LogP contribution >= 0.6 is 24.8 Å². The molecule has 2 aliphatic heterocycles. The summed E-state index contributed by atoms with van der Waals surface area (Å²) >= 11 is 0. The fraction of sp³-hybridized carbons (Fsp3) is 0.588. The molecule has 2 atom stereocenters. The molecule has 3 rings (SSSR count). The van der Waals surface area contributed by atoms with E-state index in [0.29, 0.717) is 13.1 Å². The summed E-state index contributed by atoms with van der Waals surface area (Å²) in [6.07, 6.45) is 0.506. The predicted molar refractivity (Wildman–Crippen MR) is 100 cm³/mol. The Kier molecular flexibility index (Phi) is 9.02. The number of piperidine rings is 1. The summed E-state index contributed by atoms with van der Waals surface area (Å²) in [5.74, 6) is 0.374. The number of piperazine rings is 1. The van der Waals surface area contributed by atoms with Crippen molar-refractivity contribution in [1.29, 1.82) is 0 Å². The zero-order valence-corrected chi connectivity index (χ0v) is 15.4. The molecular weight excluding hydrogens is 349 g/mol. The van der Waals surface area contributed by atoms with Gasteiger partial charge in [0.25, 0.3) is 0 Å². The average Bonchev–Trinajstić information content (AvgIpc) is 2.56. The van der Waals surface area contributed by atoms with Crippen LogP contribution in [0, 0.1) is 0 Å². The van der Waals surface area contributed by atoms with Crippen LogP contribution in [-0.2, 0) is 4.79 Å². The van der Waals surface area contributed by atoms with E-state index in [1.54, 1.807) is 0 Å². The Morgan fingerprint density at radius 2 is 1.79 bits per heavy atom. The third-order valence-corrected chi connectivity index (χ3v) is 4.72. The lowest BCUT2D eigenvalue weighted by Gasteiger charge is -2.37. The minimum absolute atomic E-state index is 0. The number of benzene rings is 1. The molecule has 0 radical (unpaired) electrons. The summed E-state index contributed by atoms with van der Waals surface area (Å²) in [5.41, 5.74) is 1.20. The van der Waals surface area contributed by atoms with Crippen molar-refractivity contribution in [3.63, 3.8) is 0 Å². The van der Waals surface area contributed by atoms with E-state index in [0.717, 1.165) is 39.1 Å². The molecule has 1 amide bonds. The van der Waals surface area contributed by atoms with Gasteiger partial charge in [0.05, 0.1) is 12.6 Å². The molecule has 0 aromatic heterocycles. The van der Waals surface area contributed by atoms with Crippen LogP contribution < -0.4 is 5.32 Å². The summed E-state index contributed by atoms with van der Waals surface area (Å²) in [5, 5.41) is 13.7. The lowest BCUT2D eigenvalue weighted by molar-refractivity contribution is -0.133. The van der Waals surface area contributed by atoms with Crippen LogP contribution in [0.25, 0.3) is 0 Å². The summed E-state index contributed by atoms with van der Waals surface area (Å²) in [7, 11) is 0. The van der Waals surface area contributed by atoms with Crippen LogP contribution in [0.4, 0.5) is 0 Å². The molecule has 0 saturated carbocycles. The number of hydrogen-bond donors (Lipinski definition) is 2. The first kappa shape index (κ1) is 21.2. The van der Waals surface area contributed by atoms with E-state index in [2.05, 4.69) is 22.3 Å². The second-order valence-electron chi connectivity index (χ2n) is 6.24. The standard InChI is InChI=1S/C17H25N3O2.2ClH/c21-16-12-19(13-17(22)20-10-7-18-8-11-20)9-6-15(16)14-4-2-1-3-5-14;;/h1-5,15-16,18,21H,6-13H2;2*1H/t15-,16-;;/m1../s1. The van der Waals surface area contributed by atoms with E-state index in [1.807, 2.05) is 23.1 Å². The van der Waals surface area contributed by atoms with E-state index in [-0.39, 0.29) is 36.6 Å². The first-order valence-electron chi connectivity index (χ1n) is 8.18. The highest BCUT2D eigenvalue weighted by Gasteiger charge is 2.30. The van der Waals surface area contributed by atoms with Crippen LogP contribution in [0.3, 0.4) is 0 Å². The number of amides is 1. The van der Waals surface area contributed by atoms with Crippen molar-refractivity contribution in [2.24, 2.45) is 0 Å². The molecule has 0 aliphatic carbocycles. The first-order valence-corrected chi connectivity index (χ1v) is 8.18. The minimum Gasteiger partial charge on any atom is -0.391 e. The highest BCUT2D eigenvalue weighted by molar-refractivity contribution is 5.85. The number of carbonyl (C=O) groups excluding carboxylic acids is 1. The molecule has 1 aromatic carbocycles. The van der Waals surface area contributed by atoms with Crippen LogP contribution in [-0.4, -0.2) is 72.7 Å². The zero-order valence-electron chi connectivity index (χ0n) is 13.8. The van der Waals surface area contributed by atoms with Crippen molar-refractivity contribution < 1.29 is 9.90 Å². The monoisotopic (exact) mass is 375 g/mol. The van der Waals surface area contributed by atoms with Gasteiger partial charge in [-0.05, 0) is 18.5 Å². The largest absolute Gasteiger partial charge is 0.391 e. The number of nitrogens with one attached hydrogen (secondary N) is 1. The Balaban J connectivity index is 0.00000144. The van der Waals surface area contributed by atoms with Crippen LogP contribution in [0.1, 0.15) is 17.9 Å². The summed E-state index contributed by atoms with van der Waals surface area (Å²) in [6, 6.07) is 10.2. The fourth-order valence-electron chi connectivity index (χ4n) is 3.44. The smallest absolute Gasteiger partial charge is 0.236 e. The van der Waals surface area contributed by atoms with Gasteiger partial charge in [-0.15, -0.1) is 24.8 Å². The molecule has 136 valence electrons. The van der Waals surface area contributed by atoms with Gasteiger partial charge in [0.2, 0.25) is 5.91 Å². The molecule has 5 nitrogen and oxygen atoms in total. The lowest BCUT2D eigenvalue weighted by atomic mass is 9.87. The van der Waals surface area contributed by atoms with Gasteiger partial charge in [-0.1, -0.05) is 30.3 Å². The van der Waals surface area contributed by atoms with Gasteiger partial charge < -0.3 is 15.3 Å². The molecule has 0 unspecified atom stereocenters. The van der Waals surface area contributed by atoms with Gasteiger partial charge in [0.15, 0.2) is 0 Å². The Bertz CT molecular complexity index is 498. The third-order valence-electron chi connectivity index (χ3n) is 4.72. The molecule has 1 aromatic rings. The Morgan fingerprint density at radius 1 is 1.12 bits per heavy atom. The van der Waals surface area contributed by atoms with Crippen LogP contribution in [0.5, 0.6) is 0 Å². The number of likely N-dealkylation sites (tertiary alicyclic amines) is 1. The molecule has 2 N–H and O–H groups in total. The quantitative estimate of drug-likeness (QED) is 0.830. The highest BCUT2D eigenvalue weighted by atomic mass is 35.5. The third kappa shape index (κ3) is 5.33. The number of hydrogen-bond acceptors (Lipinski definition) is 4. The zero-order chi connectivity index (χ0) is 15.4. The van der Waals surface area contributed by atoms with Gasteiger partial charge in [-0.25, -0.2) is 0 Å². The molecule has 0 bridgehead atoms. The average molecular weight is 376 g/mol. The number of rotatable bonds is 3. The first-order chi connectivity index (χ1) is 10.7. The summed E-state index contributed by atoms with van der Waals surface area (Å²) < 4.78 is 0. The maximum Gasteiger partial charge on any atom is 0.236 e. The topological polar surface area (TPSA) is 55.8 Å². The molecule has 7 heteroatoms. The van der Waals surface area contributed by atoms with Gasteiger partial charge >= 0.3 is 0 Å². The minimum atomic E-state index is -0.396. The van der Waals surface area contributed by atoms with E-state index < -0.39 is 6.10 Å². The molecule has 2 heterocycles. The Labute approximate surface area is 156 Å². The predicted octanol–water partition coefficient (Wildman–Crippen LogP) is 1.11. The fourth-order valence-corrected chi connectivity index (χ4v) is 3.44. The van der Waals surface area contributed by atoms with Gasteiger partial charge in [0, 0.05) is 38.6 Å². The van der Waals surface area contributed by atoms with Gasteiger partial charge in [-0.3, -0.25) is 9.69 Å². The van der Waals surface area contributed by atoms with Gasteiger partial charge in [-0.2, -0.15) is 0 Å². The number of halogens is 2. The van der Waals surface area contributed by atoms with Gasteiger partial charge in [0.1, 0.15) is 0 Å². The van der Waals surface area contributed by atoms with E-state index >= 15 is 0 Å². The molecule has 2 aliphatic rings. The lowest BCUT2D eigenvalue weighted by Crippen LogP contribution is -2.52. The van der Waals surface area contributed by atoms with Crippen molar-refractivity contribution in [2.45, 2.75) is 18.4 Å². The molecule has 2 saturated heterocycles. The number of aliphatic hydroxyl groups excluding tert-OH is 1. The second kappa shape index (κ2) is 10.2. The molecular formula is C17H27Cl2N3O2. The van der Waals surface area contributed by atoms with Crippen molar-refractivity contribution in [3.05, 3.63) is 35.9 Å². The second-order valence-corrected chi connectivity index (χ2v) is 6.24. The number of nitrogens with zero attached hydrogens (tertiary/aromatic N) is 2. The van der Waals surface area contributed by atoms with Crippen molar-refractivity contribution >= 4 is 30.7 Å². The highest BCUT2D eigenvalue weighted by Crippen LogP contribution is 2.28. The Morgan fingerprint density at radius 3 is 2.42 bits per heavy atom. The van der Waals surface area contributed by atoms with Crippen LogP contribution in [0.15, 0.2) is 30.3 Å². The van der Waals surface area contributed by atoms with Crippen molar-refractivity contribution in [2.75, 3.05) is 45.8 Å². The SMILES string of the molecule is Cl.Cl.O=C(CN1CC[C@H](c2ccccc2)[C@H](O)C1)N1CCNCC1. The maximum absolute atomic E-state index is 12.3. The number of β-amino-alcohol motifs (C(OH)–C–C–N with tert-alkyl or cyclic N) is 1. The Hall–Kier alpha value is -0.850. The number of aliphatic hydroxyl groups is 1. The molecule has 0 spiro atoms. The van der Waals surface area contributed by atoms with E-state index in [4.69, 9.17) is 0 Å². The van der Waals surface area contributed by atoms with E-state index in [1.165, 1.54) is 5.56 Å². The van der Waals surface area contributed by atoms with Crippen molar-refractivity contribution in [1.82, 2.24) is 15.1 Å². The molecule has 2 fully saturated rings. The molecule has 24 heavy (non-hydrogen) atoms. The van der Waals surface area contributed by atoms with E-state index in [9.17, 15) is 9.90 Å².